The number of thiophene rings is 1. The van der Waals surface area contributed by atoms with Crippen LogP contribution in [0.4, 0.5) is 0 Å². The summed E-state index contributed by atoms with van der Waals surface area (Å²) in [6.45, 7) is 1.31. The molecule has 1 aromatic heterocycles. The number of hydrazine groups is 1. The summed E-state index contributed by atoms with van der Waals surface area (Å²) in [5.74, 6) is -0.444. The highest BCUT2D eigenvalue weighted by molar-refractivity contribution is 7.12. The van der Waals surface area contributed by atoms with E-state index in [1.54, 1.807) is 59.5 Å². The van der Waals surface area contributed by atoms with Crippen molar-refractivity contribution >= 4 is 40.7 Å². The molecule has 7 nitrogen and oxygen atoms in total. The average Bonchev–Trinajstić information content (AvgIpc) is 3.42. The number of piperidine rings is 1. The zero-order valence-electron chi connectivity index (χ0n) is 18.3. The Balaban J connectivity index is 1.24. The summed E-state index contributed by atoms with van der Waals surface area (Å²) in [5, 5.41) is 2.50. The summed E-state index contributed by atoms with van der Waals surface area (Å²) in [6.07, 6.45) is 1.40. The van der Waals surface area contributed by atoms with E-state index in [-0.39, 0.29) is 17.7 Å². The summed E-state index contributed by atoms with van der Waals surface area (Å²) in [4.78, 5) is 40.0. The number of carbonyl (C=O) groups excluding carboxylic acids is 3. The zero-order chi connectivity index (χ0) is 23.9. The number of nitrogens with zero attached hydrogens (tertiary/aromatic N) is 1. The van der Waals surface area contributed by atoms with Crippen LogP contribution in [0, 0.1) is 5.92 Å². The van der Waals surface area contributed by atoms with Crippen LogP contribution >= 0.6 is 22.9 Å². The van der Waals surface area contributed by atoms with Gasteiger partial charge in [0.1, 0.15) is 12.4 Å². The summed E-state index contributed by atoms with van der Waals surface area (Å²) < 4.78 is 5.70. The largest absolute Gasteiger partial charge is 0.489 e. The summed E-state index contributed by atoms with van der Waals surface area (Å²) in [7, 11) is 0. The number of amides is 3. The van der Waals surface area contributed by atoms with Gasteiger partial charge in [0.05, 0.1) is 10.8 Å². The Bertz CT molecular complexity index is 1130. The third-order valence-corrected chi connectivity index (χ3v) is 6.66. The van der Waals surface area contributed by atoms with E-state index in [0.29, 0.717) is 47.3 Å². The number of likely N-dealkylation sites (tertiary alicyclic amines) is 1. The Kier molecular flexibility index (Phi) is 7.82. The van der Waals surface area contributed by atoms with Crippen molar-refractivity contribution in [3.8, 4) is 5.75 Å². The lowest BCUT2D eigenvalue weighted by Crippen LogP contribution is -2.50. The first kappa shape index (κ1) is 23.8. The van der Waals surface area contributed by atoms with Crippen molar-refractivity contribution in [1.82, 2.24) is 15.8 Å². The molecule has 0 radical (unpaired) electrons. The molecule has 0 saturated carbocycles. The number of rotatable bonds is 6. The lowest BCUT2D eigenvalue weighted by molar-refractivity contribution is -0.127. The maximum atomic E-state index is 12.6. The van der Waals surface area contributed by atoms with E-state index in [0.717, 1.165) is 12.0 Å². The molecule has 1 unspecified atom stereocenters. The van der Waals surface area contributed by atoms with Gasteiger partial charge in [0.25, 0.3) is 11.8 Å². The molecule has 0 spiro atoms. The summed E-state index contributed by atoms with van der Waals surface area (Å²) in [6, 6.07) is 17.6. The van der Waals surface area contributed by atoms with Crippen LogP contribution in [-0.4, -0.2) is 35.7 Å². The Hall–Kier alpha value is -3.36. The molecule has 0 bridgehead atoms. The molecule has 34 heavy (non-hydrogen) atoms. The standard InChI is InChI=1S/C25H24ClN3O4S/c26-20-9-11-21(12-10-20)33-16-17-5-7-18(8-6-17)23(30)27-28-24(31)19-3-1-13-29(15-19)25(32)22-4-2-14-34-22/h2,4-12,14,19H,1,3,13,15-16H2,(H,27,30)(H,28,31). The monoisotopic (exact) mass is 497 g/mol. The first-order valence-corrected chi connectivity index (χ1v) is 12.2. The number of hydrogen-bond acceptors (Lipinski definition) is 5. The molecule has 1 fully saturated rings. The molecule has 176 valence electrons. The van der Waals surface area contributed by atoms with E-state index in [1.807, 2.05) is 11.4 Å². The van der Waals surface area contributed by atoms with E-state index in [4.69, 9.17) is 16.3 Å². The number of nitrogens with one attached hydrogen (secondary N) is 2. The summed E-state index contributed by atoms with van der Waals surface area (Å²) in [5.41, 5.74) is 6.28. The zero-order valence-corrected chi connectivity index (χ0v) is 19.9. The fourth-order valence-electron chi connectivity index (χ4n) is 3.67. The molecular weight excluding hydrogens is 474 g/mol. The lowest BCUT2D eigenvalue weighted by Gasteiger charge is -2.31. The highest BCUT2D eigenvalue weighted by atomic mass is 35.5. The normalized spacial score (nSPS) is 15.4. The molecule has 1 aliphatic heterocycles. The third kappa shape index (κ3) is 6.15. The maximum absolute atomic E-state index is 12.6. The van der Waals surface area contributed by atoms with E-state index < -0.39 is 5.91 Å². The second-order valence-corrected chi connectivity index (χ2v) is 9.33. The SMILES string of the molecule is O=C(NNC(=O)C1CCCN(C(=O)c2cccs2)C1)c1ccc(COc2ccc(Cl)cc2)cc1. The lowest BCUT2D eigenvalue weighted by atomic mass is 9.97. The van der Waals surface area contributed by atoms with Crippen molar-refractivity contribution in [3.05, 3.63) is 87.1 Å². The van der Waals surface area contributed by atoms with Crippen LogP contribution in [0.5, 0.6) is 5.75 Å². The number of benzene rings is 2. The topological polar surface area (TPSA) is 87.7 Å². The number of halogens is 1. The predicted octanol–water partition coefficient (Wildman–Crippen LogP) is 4.29. The van der Waals surface area contributed by atoms with Gasteiger partial charge in [0.2, 0.25) is 5.91 Å². The van der Waals surface area contributed by atoms with E-state index in [2.05, 4.69) is 10.9 Å². The van der Waals surface area contributed by atoms with E-state index in [1.165, 1.54) is 11.3 Å². The van der Waals surface area contributed by atoms with Crippen molar-refractivity contribution in [2.45, 2.75) is 19.4 Å². The van der Waals surface area contributed by atoms with Gasteiger partial charge in [-0.2, -0.15) is 0 Å². The van der Waals surface area contributed by atoms with Crippen LogP contribution in [0.1, 0.15) is 38.4 Å². The van der Waals surface area contributed by atoms with Gasteiger partial charge in [-0.1, -0.05) is 29.8 Å². The summed E-state index contributed by atoms with van der Waals surface area (Å²) >= 11 is 7.26. The first-order chi connectivity index (χ1) is 16.5. The predicted molar refractivity (Wildman–Crippen MR) is 131 cm³/mol. The number of ether oxygens (including phenoxy) is 1. The van der Waals surface area contributed by atoms with Crippen molar-refractivity contribution in [2.24, 2.45) is 5.92 Å². The first-order valence-electron chi connectivity index (χ1n) is 10.9. The molecule has 3 aromatic rings. The quantitative estimate of drug-likeness (QED) is 0.497. The van der Waals surface area contributed by atoms with Gasteiger partial charge in [-0.15, -0.1) is 11.3 Å². The fraction of sp³-hybridized carbons (Fsp3) is 0.240. The van der Waals surface area contributed by atoms with Crippen molar-refractivity contribution < 1.29 is 19.1 Å². The molecule has 1 atom stereocenters. The Labute approximate surface area is 206 Å². The van der Waals surface area contributed by atoms with E-state index in [9.17, 15) is 14.4 Å². The van der Waals surface area contributed by atoms with Gasteiger partial charge in [0, 0.05) is 23.7 Å². The molecule has 4 rings (SSSR count). The second kappa shape index (κ2) is 11.2. The molecule has 0 aliphatic carbocycles. The van der Waals surface area contributed by atoms with Gasteiger partial charge in [-0.05, 0) is 66.2 Å². The molecule has 3 amide bonds. The molecule has 2 N–H and O–H groups in total. The smallest absolute Gasteiger partial charge is 0.269 e. The van der Waals surface area contributed by atoms with Crippen molar-refractivity contribution in [3.63, 3.8) is 0 Å². The maximum Gasteiger partial charge on any atom is 0.269 e. The Morgan fingerprint density at radius 2 is 1.79 bits per heavy atom. The highest BCUT2D eigenvalue weighted by Gasteiger charge is 2.29. The van der Waals surface area contributed by atoms with Crippen LogP contribution in [0.15, 0.2) is 66.0 Å². The Morgan fingerprint density at radius 1 is 1.03 bits per heavy atom. The third-order valence-electron chi connectivity index (χ3n) is 5.55. The van der Waals surface area contributed by atoms with Crippen LogP contribution in [0.2, 0.25) is 5.02 Å². The van der Waals surface area contributed by atoms with Crippen LogP contribution < -0.4 is 15.6 Å². The average molecular weight is 498 g/mol. The minimum Gasteiger partial charge on any atom is -0.489 e. The van der Waals surface area contributed by atoms with Gasteiger partial charge in [0.15, 0.2) is 0 Å². The molecule has 1 saturated heterocycles. The van der Waals surface area contributed by atoms with Gasteiger partial charge < -0.3 is 9.64 Å². The molecule has 1 aliphatic rings. The van der Waals surface area contributed by atoms with Gasteiger partial charge in [-0.25, -0.2) is 0 Å². The van der Waals surface area contributed by atoms with Crippen LogP contribution in [0.25, 0.3) is 0 Å². The number of hydrogen-bond donors (Lipinski definition) is 2. The Morgan fingerprint density at radius 3 is 2.50 bits per heavy atom. The molecule has 2 heterocycles. The molecule has 2 aromatic carbocycles. The van der Waals surface area contributed by atoms with E-state index >= 15 is 0 Å². The van der Waals surface area contributed by atoms with Gasteiger partial charge in [-0.3, -0.25) is 25.2 Å². The van der Waals surface area contributed by atoms with Crippen LogP contribution in [0.3, 0.4) is 0 Å². The highest BCUT2D eigenvalue weighted by Crippen LogP contribution is 2.21. The minimum atomic E-state index is -0.416. The van der Waals surface area contributed by atoms with Crippen LogP contribution in [-0.2, 0) is 11.4 Å². The second-order valence-electron chi connectivity index (χ2n) is 7.95. The minimum absolute atomic E-state index is 0.0586. The molecular formula is C25H24ClN3O4S. The molecule has 9 heteroatoms. The fourth-order valence-corrected chi connectivity index (χ4v) is 4.49. The van der Waals surface area contributed by atoms with Crippen molar-refractivity contribution in [2.75, 3.05) is 13.1 Å². The van der Waals surface area contributed by atoms with Gasteiger partial charge >= 0.3 is 0 Å². The van der Waals surface area contributed by atoms with Crippen molar-refractivity contribution in [1.29, 1.82) is 0 Å². The number of carbonyl (C=O) groups is 3.